The van der Waals surface area contributed by atoms with Crippen molar-refractivity contribution in [2.45, 2.75) is 32.4 Å². The van der Waals surface area contributed by atoms with Gasteiger partial charge >= 0.3 is 0 Å². The van der Waals surface area contributed by atoms with Gasteiger partial charge in [-0.3, -0.25) is 4.79 Å². The van der Waals surface area contributed by atoms with E-state index in [4.69, 9.17) is 15.2 Å². The average Bonchev–Trinajstić information content (AvgIpc) is 2.43. The Labute approximate surface area is 120 Å². The van der Waals surface area contributed by atoms with Crippen LogP contribution in [0.15, 0.2) is 24.3 Å². The predicted octanol–water partition coefficient (Wildman–Crippen LogP) is 1.46. The Balaban J connectivity index is 2.41. The number of nitrogens with one attached hydrogen (secondary N) is 1. The van der Waals surface area contributed by atoms with Crippen molar-refractivity contribution in [1.82, 2.24) is 5.32 Å². The Hall–Kier alpha value is -1.59. The second-order valence-electron chi connectivity index (χ2n) is 4.63. The number of hydrogen-bond acceptors (Lipinski definition) is 4. The third-order valence-electron chi connectivity index (χ3n) is 2.87. The van der Waals surface area contributed by atoms with Crippen molar-refractivity contribution in [3.05, 3.63) is 29.8 Å². The molecule has 0 saturated carbocycles. The molecule has 1 rings (SSSR count). The van der Waals surface area contributed by atoms with E-state index in [1.54, 1.807) is 7.11 Å². The molecule has 20 heavy (non-hydrogen) atoms. The van der Waals surface area contributed by atoms with Gasteiger partial charge in [0.15, 0.2) is 0 Å². The number of hydrogen-bond donors (Lipinski definition) is 2. The van der Waals surface area contributed by atoms with Crippen molar-refractivity contribution >= 4 is 5.91 Å². The van der Waals surface area contributed by atoms with Crippen LogP contribution >= 0.6 is 0 Å². The molecule has 1 aromatic rings. The molecule has 0 aromatic heterocycles. The lowest BCUT2D eigenvalue weighted by Gasteiger charge is -2.15. The van der Waals surface area contributed by atoms with Gasteiger partial charge in [0.2, 0.25) is 5.91 Å². The highest BCUT2D eigenvalue weighted by atomic mass is 16.5. The monoisotopic (exact) mass is 280 g/mol. The van der Waals surface area contributed by atoms with Crippen LogP contribution < -0.4 is 15.8 Å². The van der Waals surface area contributed by atoms with E-state index in [0.717, 1.165) is 24.3 Å². The maximum absolute atomic E-state index is 11.3. The van der Waals surface area contributed by atoms with Gasteiger partial charge in [0, 0.05) is 13.5 Å². The molecule has 0 aliphatic heterocycles. The number of nitrogens with two attached hydrogens (primary N) is 1. The van der Waals surface area contributed by atoms with Crippen LogP contribution in [-0.4, -0.2) is 32.2 Å². The molecule has 0 aliphatic carbocycles. The SMILES string of the molecule is CCCNC(CCOc1cccc(COC)c1)C(N)=O. The van der Waals surface area contributed by atoms with Crippen molar-refractivity contribution in [2.75, 3.05) is 20.3 Å². The molecule has 112 valence electrons. The molecule has 0 fully saturated rings. The minimum absolute atomic E-state index is 0.336. The molecule has 0 heterocycles. The van der Waals surface area contributed by atoms with Gasteiger partial charge in [0.1, 0.15) is 5.75 Å². The fourth-order valence-corrected chi connectivity index (χ4v) is 1.85. The van der Waals surface area contributed by atoms with Crippen LogP contribution in [0, 0.1) is 0 Å². The molecule has 0 radical (unpaired) electrons. The maximum atomic E-state index is 11.3. The van der Waals surface area contributed by atoms with Crippen LogP contribution in [0.25, 0.3) is 0 Å². The van der Waals surface area contributed by atoms with E-state index in [0.29, 0.717) is 19.6 Å². The molecule has 0 aliphatic rings. The van der Waals surface area contributed by atoms with E-state index in [1.807, 2.05) is 31.2 Å². The van der Waals surface area contributed by atoms with Crippen LogP contribution in [0.1, 0.15) is 25.3 Å². The summed E-state index contributed by atoms with van der Waals surface area (Å²) >= 11 is 0. The molecule has 3 N–H and O–H groups in total. The van der Waals surface area contributed by atoms with Crippen molar-refractivity contribution < 1.29 is 14.3 Å². The van der Waals surface area contributed by atoms with E-state index in [1.165, 1.54) is 0 Å². The van der Waals surface area contributed by atoms with Crippen molar-refractivity contribution in [3.63, 3.8) is 0 Å². The summed E-state index contributed by atoms with van der Waals surface area (Å²) in [6.07, 6.45) is 1.52. The summed E-state index contributed by atoms with van der Waals surface area (Å²) in [7, 11) is 1.66. The van der Waals surface area contributed by atoms with Crippen LogP contribution in [-0.2, 0) is 16.1 Å². The highest BCUT2D eigenvalue weighted by molar-refractivity contribution is 5.79. The molecular formula is C15H24N2O3. The minimum Gasteiger partial charge on any atom is -0.494 e. The number of carbonyl (C=O) groups is 1. The lowest BCUT2D eigenvalue weighted by molar-refractivity contribution is -0.120. The average molecular weight is 280 g/mol. The van der Waals surface area contributed by atoms with E-state index in [2.05, 4.69) is 5.32 Å². The van der Waals surface area contributed by atoms with Gasteiger partial charge in [-0.05, 0) is 30.7 Å². The normalized spacial score (nSPS) is 12.1. The molecule has 1 unspecified atom stereocenters. The highest BCUT2D eigenvalue weighted by Crippen LogP contribution is 2.14. The molecule has 0 spiro atoms. The number of rotatable bonds is 10. The van der Waals surface area contributed by atoms with Gasteiger partial charge in [-0.1, -0.05) is 19.1 Å². The molecule has 0 saturated heterocycles. The lowest BCUT2D eigenvalue weighted by atomic mass is 10.2. The number of methoxy groups -OCH3 is 1. The first-order valence-corrected chi connectivity index (χ1v) is 6.90. The first-order chi connectivity index (χ1) is 9.67. The van der Waals surface area contributed by atoms with Crippen molar-refractivity contribution in [1.29, 1.82) is 0 Å². The second-order valence-corrected chi connectivity index (χ2v) is 4.63. The smallest absolute Gasteiger partial charge is 0.234 e. The third kappa shape index (κ3) is 6.04. The Morgan fingerprint density at radius 1 is 1.45 bits per heavy atom. The summed E-state index contributed by atoms with van der Waals surface area (Å²) in [4.78, 5) is 11.3. The van der Waals surface area contributed by atoms with Crippen LogP contribution in [0.3, 0.4) is 0 Å². The zero-order chi connectivity index (χ0) is 14.8. The zero-order valence-corrected chi connectivity index (χ0v) is 12.2. The zero-order valence-electron chi connectivity index (χ0n) is 12.2. The first-order valence-electron chi connectivity index (χ1n) is 6.90. The minimum atomic E-state index is -0.338. The molecule has 5 heteroatoms. The Bertz CT molecular complexity index is 410. The van der Waals surface area contributed by atoms with Crippen molar-refractivity contribution in [3.8, 4) is 5.75 Å². The standard InChI is InChI=1S/C15H24N2O3/c1-3-8-17-14(15(16)18)7-9-20-13-6-4-5-12(10-13)11-19-2/h4-6,10,14,17H,3,7-9,11H2,1-2H3,(H2,16,18). The summed E-state index contributed by atoms with van der Waals surface area (Å²) in [6.45, 7) is 3.82. The summed E-state index contributed by atoms with van der Waals surface area (Å²) in [6, 6.07) is 7.38. The Morgan fingerprint density at radius 2 is 2.25 bits per heavy atom. The van der Waals surface area contributed by atoms with E-state index >= 15 is 0 Å². The lowest BCUT2D eigenvalue weighted by Crippen LogP contribution is -2.42. The fourth-order valence-electron chi connectivity index (χ4n) is 1.85. The summed E-state index contributed by atoms with van der Waals surface area (Å²) in [5.74, 6) is 0.438. The van der Waals surface area contributed by atoms with Gasteiger partial charge in [-0.25, -0.2) is 0 Å². The van der Waals surface area contributed by atoms with Gasteiger partial charge in [-0.2, -0.15) is 0 Å². The predicted molar refractivity (Wildman–Crippen MR) is 78.5 cm³/mol. The van der Waals surface area contributed by atoms with Gasteiger partial charge in [0.05, 0.1) is 19.3 Å². The molecule has 0 bridgehead atoms. The van der Waals surface area contributed by atoms with Crippen LogP contribution in [0.5, 0.6) is 5.75 Å². The van der Waals surface area contributed by atoms with Gasteiger partial charge in [0.25, 0.3) is 0 Å². The summed E-state index contributed by atoms with van der Waals surface area (Å²) < 4.78 is 10.7. The number of primary amides is 1. The number of amides is 1. The number of benzene rings is 1. The topological polar surface area (TPSA) is 73.6 Å². The molecule has 1 aromatic carbocycles. The number of carbonyl (C=O) groups excluding carboxylic acids is 1. The Morgan fingerprint density at radius 3 is 2.90 bits per heavy atom. The molecule has 5 nitrogen and oxygen atoms in total. The third-order valence-corrected chi connectivity index (χ3v) is 2.87. The quantitative estimate of drug-likeness (QED) is 0.680. The first kappa shape index (κ1) is 16.5. The van der Waals surface area contributed by atoms with Crippen molar-refractivity contribution in [2.24, 2.45) is 5.73 Å². The maximum Gasteiger partial charge on any atom is 0.234 e. The second kappa shape index (κ2) is 9.34. The summed E-state index contributed by atoms with van der Waals surface area (Å²) in [5, 5.41) is 3.11. The largest absolute Gasteiger partial charge is 0.494 e. The van der Waals surface area contributed by atoms with E-state index < -0.39 is 0 Å². The van der Waals surface area contributed by atoms with Gasteiger partial charge < -0.3 is 20.5 Å². The van der Waals surface area contributed by atoms with Crippen LogP contribution in [0.4, 0.5) is 0 Å². The van der Waals surface area contributed by atoms with E-state index in [9.17, 15) is 4.79 Å². The molecular weight excluding hydrogens is 256 g/mol. The van der Waals surface area contributed by atoms with Gasteiger partial charge in [-0.15, -0.1) is 0 Å². The summed E-state index contributed by atoms with van der Waals surface area (Å²) in [5.41, 5.74) is 6.40. The van der Waals surface area contributed by atoms with Crippen LogP contribution in [0.2, 0.25) is 0 Å². The molecule has 1 atom stereocenters. The fraction of sp³-hybridized carbons (Fsp3) is 0.533. The number of ether oxygens (including phenoxy) is 2. The Kier molecular flexibility index (Phi) is 7.69. The highest BCUT2D eigenvalue weighted by Gasteiger charge is 2.13. The molecule has 1 amide bonds. The van der Waals surface area contributed by atoms with E-state index in [-0.39, 0.29) is 11.9 Å².